The van der Waals surface area contributed by atoms with E-state index in [-0.39, 0.29) is 6.54 Å². The molecular weight excluding hydrogens is 290 g/mol. The van der Waals surface area contributed by atoms with Gasteiger partial charge in [-0.05, 0) is 27.2 Å². The Hall–Kier alpha value is -0.780. The van der Waals surface area contributed by atoms with Crippen molar-refractivity contribution in [2.24, 2.45) is 0 Å². The van der Waals surface area contributed by atoms with Gasteiger partial charge in [-0.2, -0.15) is 0 Å². The zero-order valence-electron chi connectivity index (χ0n) is 10.7. The molecule has 0 aliphatic heterocycles. The van der Waals surface area contributed by atoms with E-state index in [0.717, 1.165) is 6.42 Å². The molecule has 5 nitrogen and oxygen atoms in total. The van der Waals surface area contributed by atoms with Crippen LogP contribution in [0, 0.1) is 0 Å². The lowest BCUT2D eigenvalue weighted by atomic mass is 10.2. The molecule has 0 saturated heterocycles. The maximum absolute atomic E-state index is 11.2. The van der Waals surface area contributed by atoms with E-state index in [1.807, 2.05) is 6.92 Å². The second kappa shape index (κ2) is 7.53. The monoisotopic (exact) mass is 309 g/mol. The minimum atomic E-state index is -0.607. The number of alkyl halides is 1. The van der Waals surface area contributed by atoms with Gasteiger partial charge in [-0.1, -0.05) is 22.9 Å². The van der Waals surface area contributed by atoms with E-state index in [1.54, 1.807) is 20.8 Å². The molecule has 0 radical (unpaired) electrons. The molecule has 0 aromatic heterocycles. The first kappa shape index (κ1) is 16.2. The fourth-order valence-electron chi connectivity index (χ4n) is 0.887. The molecule has 0 spiro atoms. The first-order chi connectivity index (χ1) is 7.70. The predicted octanol–water partition coefficient (Wildman–Crippen LogP) is 2.23. The van der Waals surface area contributed by atoms with Gasteiger partial charge in [-0.3, -0.25) is 4.79 Å². The fraction of sp³-hybridized carbons (Fsp3) is 0.818. The largest absolute Gasteiger partial charge is 0.459 e. The van der Waals surface area contributed by atoms with Gasteiger partial charge in [0, 0.05) is 4.83 Å². The molecule has 17 heavy (non-hydrogen) atoms. The Morgan fingerprint density at radius 1 is 1.35 bits per heavy atom. The van der Waals surface area contributed by atoms with Crippen molar-refractivity contribution >= 4 is 28.0 Å². The summed E-state index contributed by atoms with van der Waals surface area (Å²) in [4.78, 5) is 22.7. The topological polar surface area (TPSA) is 64.6 Å². The van der Waals surface area contributed by atoms with Crippen LogP contribution in [0.15, 0.2) is 0 Å². The number of carbonyl (C=O) groups excluding carboxylic acids is 2. The van der Waals surface area contributed by atoms with E-state index in [2.05, 4.69) is 21.2 Å². The summed E-state index contributed by atoms with van der Waals surface area (Å²) in [6.07, 6.45) is 0.115. The lowest BCUT2D eigenvalue weighted by molar-refractivity contribution is -0.153. The van der Waals surface area contributed by atoms with Gasteiger partial charge in [-0.25, -0.2) is 4.79 Å². The highest BCUT2D eigenvalue weighted by Crippen LogP contribution is 2.06. The zero-order chi connectivity index (χ0) is 13.5. The summed E-state index contributed by atoms with van der Waals surface area (Å²) in [6, 6.07) is 0. The number of nitrogens with one attached hydrogen (secondary N) is 1. The molecule has 1 N–H and O–H groups in total. The number of amides is 1. The van der Waals surface area contributed by atoms with Crippen molar-refractivity contribution in [1.29, 1.82) is 0 Å². The maximum Gasteiger partial charge on any atom is 0.407 e. The van der Waals surface area contributed by atoms with Crippen LogP contribution in [0.2, 0.25) is 0 Å². The van der Waals surface area contributed by atoms with E-state index < -0.39 is 17.7 Å². The van der Waals surface area contributed by atoms with Gasteiger partial charge < -0.3 is 14.8 Å². The number of esters is 1. The second-order valence-corrected chi connectivity index (χ2v) is 6.21. The first-order valence-corrected chi connectivity index (χ1v) is 6.39. The number of ether oxygens (including phenoxy) is 2. The highest BCUT2D eigenvalue weighted by Gasteiger charge is 2.16. The Morgan fingerprint density at radius 2 is 1.94 bits per heavy atom. The van der Waals surface area contributed by atoms with Crippen molar-refractivity contribution in [3.05, 3.63) is 0 Å². The summed E-state index contributed by atoms with van der Waals surface area (Å²) < 4.78 is 9.86. The van der Waals surface area contributed by atoms with Gasteiger partial charge >= 0.3 is 12.1 Å². The molecule has 0 heterocycles. The third-order valence-electron chi connectivity index (χ3n) is 1.55. The average Bonchev–Trinajstić information content (AvgIpc) is 2.11. The van der Waals surface area contributed by atoms with Crippen LogP contribution < -0.4 is 5.32 Å². The van der Waals surface area contributed by atoms with Crippen molar-refractivity contribution in [2.75, 3.05) is 13.2 Å². The van der Waals surface area contributed by atoms with Gasteiger partial charge in [0.2, 0.25) is 0 Å². The van der Waals surface area contributed by atoms with E-state index in [1.165, 1.54) is 0 Å². The summed E-state index contributed by atoms with van der Waals surface area (Å²) in [5.41, 5.74) is -0.548. The SMILES string of the molecule is CC(Br)CCOC(=O)NCC(=O)OC(C)(C)C. The summed E-state index contributed by atoms with van der Waals surface area (Å²) in [6.45, 7) is 7.39. The number of hydrogen-bond acceptors (Lipinski definition) is 4. The lowest BCUT2D eigenvalue weighted by Crippen LogP contribution is -2.35. The van der Waals surface area contributed by atoms with Crippen molar-refractivity contribution in [1.82, 2.24) is 5.32 Å². The number of halogens is 1. The highest BCUT2D eigenvalue weighted by atomic mass is 79.9. The van der Waals surface area contributed by atoms with E-state index in [4.69, 9.17) is 9.47 Å². The van der Waals surface area contributed by atoms with Crippen LogP contribution in [0.5, 0.6) is 0 Å². The quantitative estimate of drug-likeness (QED) is 0.625. The summed E-state index contributed by atoms with van der Waals surface area (Å²) in [5, 5.41) is 2.33. The third-order valence-corrected chi connectivity index (χ3v) is 2.00. The standard InChI is InChI=1S/C11H20BrNO4/c1-8(12)5-6-16-10(15)13-7-9(14)17-11(2,3)4/h8H,5-7H2,1-4H3,(H,13,15). The Kier molecular flexibility index (Phi) is 7.18. The van der Waals surface area contributed by atoms with Crippen LogP contribution in [0.3, 0.4) is 0 Å². The van der Waals surface area contributed by atoms with Crippen molar-refractivity contribution in [3.8, 4) is 0 Å². The van der Waals surface area contributed by atoms with Gasteiger partial charge in [0.05, 0.1) is 6.61 Å². The average molecular weight is 310 g/mol. The van der Waals surface area contributed by atoms with Crippen LogP contribution in [0.4, 0.5) is 4.79 Å². The first-order valence-electron chi connectivity index (χ1n) is 5.47. The zero-order valence-corrected chi connectivity index (χ0v) is 12.3. The highest BCUT2D eigenvalue weighted by molar-refractivity contribution is 9.09. The number of alkyl carbamates (subject to hydrolysis) is 1. The maximum atomic E-state index is 11.2. The molecule has 0 aliphatic carbocycles. The molecule has 0 aromatic carbocycles. The molecule has 0 bridgehead atoms. The molecule has 0 saturated carbocycles. The smallest absolute Gasteiger partial charge is 0.407 e. The number of carbonyl (C=O) groups is 2. The molecule has 0 aliphatic rings. The Bertz CT molecular complexity index is 261. The van der Waals surface area contributed by atoms with Gasteiger partial charge in [0.25, 0.3) is 0 Å². The van der Waals surface area contributed by atoms with E-state index in [9.17, 15) is 9.59 Å². The number of hydrogen-bond donors (Lipinski definition) is 1. The molecule has 0 fully saturated rings. The van der Waals surface area contributed by atoms with Crippen LogP contribution in [-0.4, -0.2) is 35.6 Å². The van der Waals surface area contributed by atoms with Crippen molar-refractivity contribution in [3.63, 3.8) is 0 Å². The van der Waals surface area contributed by atoms with Crippen LogP contribution in [-0.2, 0) is 14.3 Å². The Morgan fingerprint density at radius 3 is 2.41 bits per heavy atom. The normalized spacial score (nSPS) is 12.8. The minimum Gasteiger partial charge on any atom is -0.459 e. The number of rotatable bonds is 5. The van der Waals surface area contributed by atoms with Crippen molar-refractivity contribution in [2.45, 2.75) is 44.5 Å². The second-order valence-electron chi connectivity index (χ2n) is 4.65. The van der Waals surface area contributed by atoms with Crippen LogP contribution >= 0.6 is 15.9 Å². The summed E-state index contributed by atoms with van der Waals surface area (Å²) >= 11 is 3.33. The summed E-state index contributed by atoms with van der Waals surface area (Å²) in [5.74, 6) is -0.483. The van der Waals surface area contributed by atoms with Crippen LogP contribution in [0.25, 0.3) is 0 Å². The third kappa shape index (κ3) is 11.5. The van der Waals surface area contributed by atoms with Gasteiger partial charge in [-0.15, -0.1) is 0 Å². The fourth-order valence-corrected chi connectivity index (χ4v) is 1.07. The Balaban J connectivity index is 3.67. The van der Waals surface area contributed by atoms with E-state index in [0.29, 0.717) is 11.4 Å². The van der Waals surface area contributed by atoms with Gasteiger partial charge in [0.1, 0.15) is 12.1 Å². The molecule has 0 aromatic rings. The molecule has 6 heteroatoms. The van der Waals surface area contributed by atoms with Crippen LogP contribution in [0.1, 0.15) is 34.1 Å². The minimum absolute atomic E-state index is 0.181. The summed E-state index contributed by atoms with van der Waals surface area (Å²) in [7, 11) is 0. The Labute approximate surface area is 110 Å². The predicted molar refractivity (Wildman–Crippen MR) is 68.2 cm³/mol. The molecule has 100 valence electrons. The molecule has 0 rings (SSSR count). The molecule has 1 atom stereocenters. The molecular formula is C11H20BrNO4. The van der Waals surface area contributed by atoms with E-state index >= 15 is 0 Å². The van der Waals surface area contributed by atoms with Gasteiger partial charge in [0.15, 0.2) is 0 Å². The lowest BCUT2D eigenvalue weighted by Gasteiger charge is -2.19. The van der Waals surface area contributed by atoms with Crippen molar-refractivity contribution < 1.29 is 19.1 Å². The molecule has 1 amide bonds. The molecule has 1 unspecified atom stereocenters.